The van der Waals surface area contributed by atoms with Crippen LogP contribution in [0.25, 0.3) is 10.9 Å². The fraction of sp³-hybridized carbons (Fsp3) is 0.394. The van der Waals surface area contributed by atoms with Crippen LogP contribution in [-0.4, -0.2) is 82.2 Å². The Labute approximate surface area is 293 Å². The predicted octanol–water partition coefficient (Wildman–Crippen LogP) is 1.95. The molecule has 0 aliphatic carbocycles. The second kappa shape index (κ2) is 19.0. The first kappa shape index (κ1) is 39.1. The number of nitroso groups, excluding NO2 is 1. The Balaban J connectivity index is 1.87. The van der Waals surface area contributed by atoms with E-state index in [1.54, 1.807) is 12.3 Å². The van der Waals surface area contributed by atoms with Crippen molar-refractivity contribution >= 4 is 63.8 Å². The Morgan fingerprint density at radius 2 is 1.60 bits per heavy atom. The number of anilines is 1. The number of imide groups is 1. The molecule has 8 N–H and O–H groups in total. The summed E-state index contributed by atoms with van der Waals surface area (Å²) < 4.78 is 0. The summed E-state index contributed by atoms with van der Waals surface area (Å²) in [4.78, 5) is 94.9. The van der Waals surface area contributed by atoms with Gasteiger partial charge in [0.25, 0.3) is 11.8 Å². The van der Waals surface area contributed by atoms with Gasteiger partial charge in [-0.2, -0.15) is 5.01 Å². The van der Waals surface area contributed by atoms with Crippen molar-refractivity contribution in [1.29, 1.82) is 0 Å². The van der Waals surface area contributed by atoms with Gasteiger partial charge in [0.15, 0.2) is 0 Å². The van der Waals surface area contributed by atoms with Crippen LogP contribution in [0.15, 0.2) is 66.1 Å². The normalized spacial score (nSPS) is 13.3. The highest BCUT2D eigenvalue weighted by molar-refractivity contribution is 6.19. The summed E-state index contributed by atoms with van der Waals surface area (Å²) in [5.41, 5.74) is 13.4. The summed E-state index contributed by atoms with van der Waals surface area (Å²) >= 11 is 5.60. The van der Waals surface area contributed by atoms with Gasteiger partial charge in [-0.3, -0.25) is 24.0 Å². The quantitative estimate of drug-likeness (QED) is 0.0646. The number of urea groups is 1. The molecule has 0 unspecified atom stereocenters. The number of amides is 7. The molecular weight excluding hydrogens is 670 g/mol. The number of H-pyrrole nitrogens is 1. The van der Waals surface area contributed by atoms with Crippen molar-refractivity contribution in [2.24, 2.45) is 16.8 Å². The number of aromatic nitrogens is 1. The summed E-state index contributed by atoms with van der Waals surface area (Å²) in [7, 11) is 0. The number of carbonyl (C=O) groups excluding carboxylic acids is 6. The molecule has 0 saturated carbocycles. The van der Waals surface area contributed by atoms with Crippen molar-refractivity contribution in [3.8, 4) is 0 Å². The van der Waals surface area contributed by atoms with Crippen LogP contribution < -0.4 is 32.3 Å². The fourth-order valence-electron chi connectivity index (χ4n) is 5.17. The molecule has 0 aliphatic heterocycles. The number of fused-ring (bicyclic) bond motifs is 1. The average molecular weight is 712 g/mol. The monoisotopic (exact) mass is 711 g/mol. The number of aromatic amines is 1. The average Bonchev–Trinajstić information content (AvgIpc) is 3.51. The number of benzene rings is 2. The van der Waals surface area contributed by atoms with Crippen LogP contribution >= 0.6 is 11.6 Å². The SMILES string of the molecule is CCCC[C@H](NC(=O)[C@@H](N)Cc1c[nH]c2ccccc12)C(=O)N[C@@H](CC(N)=O)C(=O)N(C(=O)[C@H](C)N(N=O)C(=O)NCCCl)c1ccccc1. The minimum absolute atomic E-state index is 0.00387. The molecular formula is C33H42ClN9O7. The summed E-state index contributed by atoms with van der Waals surface area (Å²) in [5.74, 6) is -4.58. The zero-order chi connectivity index (χ0) is 36.8. The van der Waals surface area contributed by atoms with E-state index in [9.17, 15) is 33.7 Å². The van der Waals surface area contributed by atoms with Gasteiger partial charge < -0.3 is 32.4 Å². The van der Waals surface area contributed by atoms with E-state index in [4.69, 9.17) is 23.1 Å². The van der Waals surface area contributed by atoms with Crippen LogP contribution in [0.5, 0.6) is 0 Å². The number of unbranched alkanes of at least 4 members (excludes halogenated alkanes) is 1. The molecule has 3 aromatic rings. The van der Waals surface area contributed by atoms with Gasteiger partial charge in [0.05, 0.1) is 23.4 Å². The molecule has 16 nitrogen and oxygen atoms in total. The van der Waals surface area contributed by atoms with Crippen LogP contribution in [0.4, 0.5) is 10.5 Å². The van der Waals surface area contributed by atoms with E-state index >= 15 is 0 Å². The van der Waals surface area contributed by atoms with Crippen LogP contribution in [0.3, 0.4) is 0 Å². The molecule has 4 atom stereocenters. The summed E-state index contributed by atoms with van der Waals surface area (Å²) in [6.07, 6.45) is 2.55. The summed E-state index contributed by atoms with van der Waals surface area (Å²) in [6.45, 7) is 3.02. The number of nitrogens with zero attached hydrogens (tertiary/aromatic N) is 3. The van der Waals surface area contributed by atoms with Gasteiger partial charge >= 0.3 is 6.03 Å². The van der Waals surface area contributed by atoms with E-state index in [1.165, 1.54) is 31.2 Å². The molecule has 1 heterocycles. The van der Waals surface area contributed by atoms with E-state index in [0.717, 1.165) is 16.5 Å². The number of para-hydroxylation sites is 2. The van der Waals surface area contributed by atoms with Crippen molar-refractivity contribution < 1.29 is 28.8 Å². The minimum Gasteiger partial charge on any atom is -0.370 e. The highest BCUT2D eigenvalue weighted by Crippen LogP contribution is 2.21. The predicted molar refractivity (Wildman–Crippen MR) is 187 cm³/mol. The first-order valence-electron chi connectivity index (χ1n) is 16.0. The molecule has 2 aromatic carbocycles. The summed E-state index contributed by atoms with van der Waals surface area (Å²) in [5, 5.41) is 11.3. The number of rotatable bonds is 18. The molecule has 3 rings (SSSR count). The second-order valence-electron chi connectivity index (χ2n) is 11.5. The van der Waals surface area contributed by atoms with E-state index in [1.807, 2.05) is 31.2 Å². The number of hydrogen-bond acceptors (Lipinski definition) is 9. The third-order valence-corrected chi connectivity index (χ3v) is 7.99. The van der Waals surface area contributed by atoms with E-state index in [2.05, 4.69) is 26.2 Å². The Hall–Kier alpha value is -5.35. The van der Waals surface area contributed by atoms with Gasteiger partial charge in [-0.05, 0) is 43.5 Å². The van der Waals surface area contributed by atoms with Crippen molar-refractivity contribution in [1.82, 2.24) is 25.9 Å². The lowest BCUT2D eigenvalue weighted by molar-refractivity contribution is -0.135. The number of primary amides is 1. The van der Waals surface area contributed by atoms with Crippen LogP contribution in [-0.2, 0) is 30.4 Å². The Kier molecular flexibility index (Phi) is 14.9. The third kappa shape index (κ3) is 10.3. The largest absolute Gasteiger partial charge is 0.370 e. The number of alkyl halides is 1. The first-order chi connectivity index (χ1) is 23.9. The van der Waals surface area contributed by atoms with Gasteiger partial charge in [0.2, 0.25) is 17.7 Å². The van der Waals surface area contributed by atoms with Gasteiger partial charge in [0, 0.05) is 29.5 Å². The molecule has 7 amide bonds. The molecule has 0 bridgehead atoms. The standard InChI is InChI=1S/C33H42ClN9O7/c1-3-4-13-26(39-29(45)24(35)17-21-19-38-25-14-9-8-12-23(21)25)30(46)40-27(18-28(36)44)32(48)42(22-10-6-5-7-11-22)31(47)20(2)43(41-50)33(49)37-16-15-34/h5-12,14,19-20,24,26-27,38H,3-4,13,15-18,35H2,1-2H3,(H2,36,44)(H,37,49)(H,39,45)(H,40,46)/t20-,24-,26-,27-/m0/s1. The first-order valence-corrected chi connectivity index (χ1v) is 16.6. The molecule has 17 heteroatoms. The van der Waals surface area contributed by atoms with E-state index in [0.29, 0.717) is 22.8 Å². The Morgan fingerprint density at radius 3 is 2.24 bits per heavy atom. The molecule has 0 spiro atoms. The van der Waals surface area contributed by atoms with Crippen molar-refractivity contribution in [3.05, 3.63) is 71.3 Å². The van der Waals surface area contributed by atoms with Crippen molar-refractivity contribution in [3.63, 3.8) is 0 Å². The highest BCUT2D eigenvalue weighted by atomic mass is 35.5. The van der Waals surface area contributed by atoms with Gasteiger partial charge in [-0.15, -0.1) is 16.5 Å². The van der Waals surface area contributed by atoms with E-state index in [-0.39, 0.29) is 31.0 Å². The zero-order valence-electron chi connectivity index (χ0n) is 27.8. The maximum Gasteiger partial charge on any atom is 0.341 e. The number of halogens is 1. The minimum atomic E-state index is -1.69. The summed E-state index contributed by atoms with van der Waals surface area (Å²) in [6, 6.07) is 8.43. The van der Waals surface area contributed by atoms with Gasteiger partial charge in [-0.1, -0.05) is 56.2 Å². The van der Waals surface area contributed by atoms with Gasteiger partial charge in [0.1, 0.15) is 18.1 Å². The molecule has 0 aliphatic rings. The molecule has 0 saturated heterocycles. The Bertz CT molecular complexity index is 1670. The van der Waals surface area contributed by atoms with Crippen LogP contribution in [0, 0.1) is 4.91 Å². The van der Waals surface area contributed by atoms with Crippen molar-refractivity contribution in [2.75, 3.05) is 17.3 Å². The fourth-order valence-corrected chi connectivity index (χ4v) is 5.26. The number of nitrogens with two attached hydrogens (primary N) is 2. The lowest BCUT2D eigenvalue weighted by atomic mass is 10.0. The maximum atomic E-state index is 14.1. The lowest BCUT2D eigenvalue weighted by Crippen LogP contribution is -2.59. The third-order valence-electron chi connectivity index (χ3n) is 7.80. The number of nitrogens with one attached hydrogen (secondary N) is 4. The molecule has 268 valence electrons. The molecule has 0 radical (unpaired) electrons. The highest BCUT2D eigenvalue weighted by Gasteiger charge is 2.39. The van der Waals surface area contributed by atoms with Crippen LogP contribution in [0.2, 0.25) is 0 Å². The molecule has 1 aromatic heterocycles. The molecule has 0 fully saturated rings. The van der Waals surface area contributed by atoms with E-state index < -0.39 is 66.2 Å². The topological polar surface area (TPSA) is 242 Å². The Morgan fingerprint density at radius 1 is 0.940 bits per heavy atom. The lowest BCUT2D eigenvalue weighted by Gasteiger charge is -2.30. The maximum absolute atomic E-state index is 14.1. The zero-order valence-corrected chi connectivity index (χ0v) is 28.5. The number of carbonyl (C=O) groups is 6. The van der Waals surface area contributed by atoms with Crippen molar-refractivity contribution in [2.45, 2.75) is 70.1 Å². The number of hydrogen-bond donors (Lipinski definition) is 6. The van der Waals surface area contributed by atoms with Crippen LogP contribution in [0.1, 0.15) is 45.1 Å². The molecule has 50 heavy (non-hydrogen) atoms. The van der Waals surface area contributed by atoms with Gasteiger partial charge in [-0.25, -0.2) is 9.69 Å². The second-order valence-corrected chi connectivity index (χ2v) is 11.9. The smallest absolute Gasteiger partial charge is 0.341 e.